The summed E-state index contributed by atoms with van der Waals surface area (Å²) in [5.74, 6) is -0.511. The Hall–Kier alpha value is -3.37. The highest BCUT2D eigenvalue weighted by molar-refractivity contribution is 8.00. The summed E-state index contributed by atoms with van der Waals surface area (Å²) in [6.45, 7) is 4.03. The molecule has 11 heteroatoms. The lowest BCUT2D eigenvalue weighted by atomic mass is 9.94. The Bertz CT molecular complexity index is 1740. The van der Waals surface area contributed by atoms with Gasteiger partial charge in [-0.2, -0.15) is 0 Å². The van der Waals surface area contributed by atoms with Crippen LogP contribution in [0, 0.1) is 0 Å². The highest BCUT2D eigenvalue weighted by atomic mass is 35.5. The van der Waals surface area contributed by atoms with Gasteiger partial charge >= 0.3 is 5.91 Å². The third-order valence-corrected chi connectivity index (χ3v) is 9.98. The summed E-state index contributed by atoms with van der Waals surface area (Å²) in [7, 11) is 0. The van der Waals surface area contributed by atoms with E-state index in [1.807, 2.05) is 43.3 Å². The molecular formula is C31H25Cl2N3O4S2. The number of ketones is 1. The van der Waals surface area contributed by atoms with Crippen LogP contribution >= 0.6 is 46.3 Å². The van der Waals surface area contributed by atoms with Gasteiger partial charge in [0.05, 0.1) is 11.6 Å². The summed E-state index contributed by atoms with van der Waals surface area (Å²) in [6, 6.07) is 17.4. The number of amides is 1. The number of fused-ring (bicyclic) bond motifs is 1. The summed E-state index contributed by atoms with van der Waals surface area (Å²) in [4.78, 5) is 28.5. The minimum atomic E-state index is -0.879. The maximum atomic E-state index is 13.6. The number of nitrogens with zero attached hydrogens (tertiary/aromatic N) is 3. The van der Waals surface area contributed by atoms with Gasteiger partial charge in [0.25, 0.3) is 5.78 Å². The molecule has 2 atom stereocenters. The summed E-state index contributed by atoms with van der Waals surface area (Å²) in [5, 5.41) is 21.5. The summed E-state index contributed by atoms with van der Waals surface area (Å²) >= 11 is 15.0. The molecule has 3 heterocycles. The highest BCUT2D eigenvalue weighted by Crippen LogP contribution is 2.45. The van der Waals surface area contributed by atoms with E-state index in [2.05, 4.69) is 17.1 Å². The summed E-state index contributed by atoms with van der Waals surface area (Å²) in [6.07, 6.45) is 1.56. The van der Waals surface area contributed by atoms with E-state index < -0.39 is 17.7 Å². The lowest BCUT2D eigenvalue weighted by Gasteiger charge is -2.22. The number of Topliss-reactive ketones (excluding diaryl/α,β-unsaturated/α-hetero) is 1. The van der Waals surface area contributed by atoms with Crippen LogP contribution in [0.3, 0.4) is 0 Å². The molecule has 0 radical (unpaired) electrons. The normalized spacial score (nSPS) is 19.3. The van der Waals surface area contributed by atoms with E-state index in [9.17, 15) is 14.7 Å². The monoisotopic (exact) mass is 637 g/mol. The number of aliphatic hydroxyl groups excluding tert-OH is 1. The molecule has 1 saturated heterocycles. The van der Waals surface area contributed by atoms with Gasteiger partial charge in [0.2, 0.25) is 5.13 Å². The number of ether oxygens (including phenoxy) is 1. The van der Waals surface area contributed by atoms with Gasteiger partial charge in [-0.3, -0.25) is 14.5 Å². The van der Waals surface area contributed by atoms with Gasteiger partial charge in [-0.15, -0.1) is 10.2 Å². The molecule has 0 aliphatic carbocycles. The fourth-order valence-corrected chi connectivity index (χ4v) is 7.57. The molecule has 1 aromatic heterocycles. The lowest BCUT2D eigenvalue weighted by Crippen LogP contribution is -2.29. The number of thioether (sulfide) groups is 1. The molecule has 1 N–H and O–H groups in total. The fourth-order valence-electron chi connectivity index (χ4n) is 5.14. The fraction of sp³-hybridized carbons (Fsp3) is 0.226. The molecular weight excluding hydrogens is 613 g/mol. The zero-order valence-electron chi connectivity index (χ0n) is 22.6. The maximum Gasteiger partial charge on any atom is 0.301 e. The average molecular weight is 639 g/mol. The minimum Gasteiger partial charge on any atom is -0.507 e. The Morgan fingerprint density at radius 2 is 1.88 bits per heavy atom. The van der Waals surface area contributed by atoms with Crippen molar-refractivity contribution in [3.63, 3.8) is 0 Å². The Morgan fingerprint density at radius 1 is 1.10 bits per heavy atom. The number of benzene rings is 3. The molecule has 42 heavy (non-hydrogen) atoms. The lowest BCUT2D eigenvalue weighted by molar-refractivity contribution is -0.132. The van der Waals surface area contributed by atoms with E-state index in [-0.39, 0.29) is 22.6 Å². The number of hydrogen-bond donors (Lipinski definition) is 1. The number of carbonyl (C=O) groups is 2. The first-order chi connectivity index (χ1) is 20.2. The third-order valence-electron chi connectivity index (χ3n) is 7.29. The van der Waals surface area contributed by atoms with Crippen molar-refractivity contribution in [2.75, 3.05) is 4.90 Å². The number of aromatic nitrogens is 2. The second-order valence-corrected chi connectivity index (χ2v) is 13.1. The molecule has 6 rings (SSSR count). The molecule has 2 aliphatic rings. The van der Waals surface area contributed by atoms with Crippen LogP contribution in [0.4, 0.5) is 5.13 Å². The number of halogens is 2. The standard InChI is InChI=1S/C31H25Cl2N3O4S2/c1-3-17-4-6-18(7-5-17)26-25(27(37)19-9-11-24-21(13-19)12-16(2)40-24)28(38)29(39)36(26)30-34-35-31(42-30)41-15-20-8-10-22(32)14-23(20)33/h4-11,13-14,16,26,37H,3,12,15H2,1-2H3/b27-25+. The van der Waals surface area contributed by atoms with E-state index in [1.165, 1.54) is 28.0 Å². The minimum absolute atomic E-state index is 0.00788. The Labute approximate surface area is 261 Å². The van der Waals surface area contributed by atoms with Gasteiger partial charge in [0.1, 0.15) is 17.6 Å². The van der Waals surface area contributed by atoms with Crippen LogP contribution in [0.2, 0.25) is 10.0 Å². The summed E-state index contributed by atoms with van der Waals surface area (Å²) in [5.41, 5.74) is 4.08. The van der Waals surface area contributed by atoms with Crippen molar-refractivity contribution in [1.82, 2.24) is 10.2 Å². The first kappa shape index (κ1) is 28.7. The van der Waals surface area contributed by atoms with Gasteiger partial charge in [-0.25, -0.2) is 0 Å². The molecule has 3 aromatic carbocycles. The van der Waals surface area contributed by atoms with E-state index in [4.69, 9.17) is 27.9 Å². The van der Waals surface area contributed by atoms with Crippen molar-refractivity contribution in [2.45, 2.75) is 48.9 Å². The van der Waals surface area contributed by atoms with E-state index >= 15 is 0 Å². The third kappa shape index (κ3) is 5.42. The number of aryl methyl sites for hydroxylation is 1. The Balaban J connectivity index is 1.38. The van der Waals surface area contributed by atoms with Gasteiger partial charge in [-0.05, 0) is 65.9 Å². The van der Waals surface area contributed by atoms with Gasteiger partial charge in [0.15, 0.2) is 4.34 Å². The van der Waals surface area contributed by atoms with Crippen LogP contribution in [0.5, 0.6) is 5.75 Å². The molecule has 0 spiro atoms. The number of hydrogen-bond acceptors (Lipinski definition) is 8. The van der Waals surface area contributed by atoms with E-state index in [0.29, 0.717) is 37.7 Å². The molecule has 2 unspecified atom stereocenters. The number of carbonyl (C=O) groups excluding carboxylic acids is 2. The van der Waals surface area contributed by atoms with Crippen molar-refractivity contribution in [3.8, 4) is 5.75 Å². The number of anilines is 1. The summed E-state index contributed by atoms with van der Waals surface area (Å²) < 4.78 is 6.40. The van der Waals surface area contributed by atoms with Gasteiger partial charge in [0, 0.05) is 27.8 Å². The SMILES string of the molecule is CCc1ccc(C2/C(=C(\O)c3ccc4c(c3)CC(C)O4)C(=O)C(=O)N2c2nnc(SCc3ccc(Cl)cc3Cl)s2)cc1. The number of aliphatic hydroxyl groups is 1. The molecule has 2 aliphatic heterocycles. The number of rotatable bonds is 7. The van der Waals surface area contributed by atoms with Crippen molar-refractivity contribution < 1.29 is 19.4 Å². The van der Waals surface area contributed by atoms with Crippen LogP contribution < -0.4 is 9.64 Å². The predicted molar refractivity (Wildman–Crippen MR) is 167 cm³/mol. The van der Waals surface area contributed by atoms with Crippen LogP contribution in [0.1, 0.15) is 47.7 Å². The second kappa shape index (κ2) is 11.7. The maximum absolute atomic E-state index is 13.6. The molecule has 7 nitrogen and oxygen atoms in total. The average Bonchev–Trinajstić information content (AvgIpc) is 3.67. The van der Waals surface area contributed by atoms with Crippen LogP contribution in [0.15, 0.2) is 70.6 Å². The van der Waals surface area contributed by atoms with Crippen LogP contribution in [-0.4, -0.2) is 33.1 Å². The van der Waals surface area contributed by atoms with Gasteiger partial charge in [-0.1, -0.05) is 83.6 Å². The second-order valence-electron chi connectivity index (χ2n) is 10.1. The molecule has 4 aromatic rings. The van der Waals surface area contributed by atoms with Crippen molar-refractivity contribution in [3.05, 3.63) is 104 Å². The van der Waals surface area contributed by atoms with E-state index in [0.717, 1.165) is 28.9 Å². The molecule has 0 bridgehead atoms. The molecule has 214 valence electrons. The molecule has 0 saturated carbocycles. The zero-order valence-corrected chi connectivity index (χ0v) is 25.8. The smallest absolute Gasteiger partial charge is 0.301 e. The Kier molecular flexibility index (Phi) is 8.02. The van der Waals surface area contributed by atoms with E-state index in [1.54, 1.807) is 24.3 Å². The van der Waals surface area contributed by atoms with Gasteiger partial charge < -0.3 is 9.84 Å². The van der Waals surface area contributed by atoms with Crippen LogP contribution in [0.25, 0.3) is 5.76 Å². The highest BCUT2D eigenvalue weighted by Gasteiger charge is 2.48. The topological polar surface area (TPSA) is 92.6 Å². The first-order valence-electron chi connectivity index (χ1n) is 13.3. The first-order valence-corrected chi connectivity index (χ1v) is 15.9. The van der Waals surface area contributed by atoms with Crippen molar-refractivity contribution >= 4 is 68.9 Å². The van der Waals surface area contributed by atoms with Crippen molar-refractivity contribution in [2.24, 2.45) is 0 Å². The largest absolute Gasteiger partial charge is 0.507 e. The van der Waals surface area contributed by atoms with Crippen LogP contribution in [-0.2, 0) is 28.2 Å². The molecule has 1 amide bonds. The Morgan fingerprint density at radius 3 is 2.62 bits per heavy atom. The predicted octanol–water partition coefficient (Wildman–Crippen LogP) is 7.65. The zero-order chi connectivity index (χ0) is 29.5. The van der Waals surface area contributed by atoms with Crippen molar-refractivity contribution in [1.29, 1.82) is 0 Å². The molecule has 1 fully saturated rings. The quantitative estimate of drug-likeness (QED) is 0.0731.